The molecule has 0 spiro atoms. The lowest BCUT2D eigenvalue weighted by Crippen LogP contribution is -2.24. The maximum atomic E-state index is 5.12. The average molecular weight is 253 g/mol. The van der Waals surface area contributed by atoms with Crippen molar-refractivity contribution in [3.05, 3.63) is 23.0 Å². The fourth-order valence-electron chi connectivity index (χ4n) is 1.93. The molecule has 4 nitrogen and oxygen atoms in total. The fraction of sp³-hybridized carbons (Fsp3) is 0.583. The van der Waals surface area contributed by atoms with Crippen LogP contribution < -0.4 is 5.32 Å². The van der Waals surface area contributed by atoms with Gasteiger partial charge in [0.05, 0.1) is 11.4 Å². The molecule has 5 heteroatoms. The Balaban J connectivity index is 1.94. The van der Waals surface area contributed by atoms with Crippen LogP contribution in [0.2, 0.25) is 0 Å². The molecule has 2 rings (SSSR count). The van der Waals surface area contributed by atoms with Gasteiger partial charge in [-0.2, -0.15) is 0 Å². The van der Waals surface area contributed by atoms with Gasteiger partial charge in [0.2, 0.25) is 0 Å². The zero-order chi connectivity index (χ0) is 12.3. The monoisotopic (exact) mass is 253 g/mol. The molecule has 0 bridgehead atoms. The van der Waals surface area contributed by atoms with Crippen molar-refractivity contribution < 1.29 is 4.74 Å². The van der Waals surface area contributed by atoms with Gasteiger partial charge in [0.25, 0.3) is 0 Å². The van der Waals surface area contributed by atoms with Gasteiger partial charge in [-0.3, -0.25) is 4.40 Å². The molecule has 1 N–H and O–H groups in total. The molecule has 0 aliphatic carbocycles. The molecule has 2 aromatic rings. The third-order valence-corrected chi connectivity index (χ3v) is 3.55. The number of aromatic nitrogens is 2. The maximum absolute atomic E-state index is 5.12. The normalized spacial score (nSPS) is 13.4. The van der Waals surface area contributed by atoms with Gasteiger partial charge < -0.3 is 10.1 Å². The number of hydrogen-bond acceptors (Lipinski definition) is 4. The maximum Gasteiger partial charge on any atom is 0.194 e. The smallest absolute Gasteiger partial charge is 0.194 e. The molecule has 0 saturated carbocycles. The molecule has 0 amide bonds. The van der Waals surface area contributed by atoms with Crippen LogP contribution in [0.5, 0.6) is 0 Å². The zero-order valence-electron chi connectivity index (χ0n) is 10.6. The molecule has 0 aromatic carbocycles. The average Bonchev–Trinajstić information content (AvgIpc) is 2.82. The summed E-state index contributed by atoms with van der Waals surface area (Å²) in [6.07, 6.45) is 2.08. The van der Waals surface area contributed by atoms with Crippen LogP contribution in [0.3, 0.4) is 0 Å². The van der Waals surface area contributed by atoms with Crippen molar-refractivity contribution >= 4 is 16.3 Å². The second kappa shape index (κ2) is 5.62. The fourth-order valence-corrected chi connectivity index (χ4v) is 2.71. The number of fused-ring (bicyclic) bond motifs is 1. The summed E-state index contributed by atoms with van der Waals surface area (Å²) >= 11 is 1.67. The molecular weight excluding hydrogens is 234 g/mol. The van der Waals surface area contributed by atoms with Crippen LogP contribution in [0.15, 0.2) is 11.6 Å². The highest BCUT2D eigenvalue weighted by Gasteiger charge is 2.09. The van der Waals surface area contributed by atoms with Crippen LogP contribution in [0.4, 0.5) is 0 Å². The van der Waals surface area contributed by atoms with Crippen LogP contribution >= 0.6 is 11.3 Å². The molecule has 0 fully saturated rings. The predicted octanol–water partition coefficient (Wildman–Crippen LogP) is 2.08. The van der Waals surface area contributed by atoms with Gasteiger partial charge in [0, 0.05) is 38.4 Å². The Morgan fingerprint density at radius 3 is 3.18 bits per heavy atom. The molecule has 94 valence electrons. The van der Waals surface area contributed by atoms with E-state index in [2.05, 4.69) is 40.1 Å². The van der Waals surface area contributed by atoms with Crippen LogP contribution in [-0.4, -0.2) is 29.6 Å². The molecule has 0 aliphatic rings. The standard InChI is InChI=1S/C12H19N3OS/c1-9(8-16-3)6-13-7-11-10(2)14-12-15(11)4-5-17-12/h4-5,9,13H,6-8H2,1-3H3. The van der Waals surface area contributed by atoms with E-state index in [1.165, 1.54) is 5.69 Å². The summed E-state index contributed by atoms with van der Waals surface area (Å²) in [7, 11) is 1.74. The highest BCUT2D eigenvalue weighted by molar-refractivity contribution is 7.15. The highest BCUT2D eigenvalue weighted by Crippen LogP contribution is 2.16. The minimum atomic E-state index is 0.534. The van der Waals surface area contributed by atoms with E-state index in [-0.39, 0.29) is 0 Å². The Hall–Kier alpha value is -0.910. The van der Waals surface area contributed by atoms with Crippen LogP contribution in [-0.2, 0) is 11.3 Å². The van der Waals surface area contributed by atoms with Crippen molar-refractivity contribution in [2.45, 2.75) is 20.4 Å². The molecule has 0 aliphatic heterocycles. The number of hydrogen-bond donors (Lipinski definition) is 1. The Kier molecular flexibility index (Phi) is 4.15. The SMILES string of the molecule is COCC(C)CNCc1c(C)nc2sccn12. The van der Waals surface area contributed by atoms with E-state index in [9.17, 15) is 0 Å². The Morgan fingerprint density at radius 2 is 2.41 bits per heavy atom. The summed E-state index contributed by atoms with van der Waals surface area (Å²) in [5.74, 6) is 0.534. The minimum absolute atomic E-state index is 0.534. The summed E-state index contributed by atoms with van der Waals surface area (Å²) < 4.78 is 7.28. The topological polar surface area (TPSA) is 38.6 Å². The number of rotatable bonds is 6. The Labute approximate surface area is 106 Å². The van der Waals surface area contributed by atoms with Crippen LogP contribution in [0, 0.1) is 12.8 Å². The second-order valence-electron chi connectivity index (χ2n) is 4.39. The van der Waals surface area contributed by atoms with Gasteiger partial charge in [-0.25, -0.2) is 4.98 Å². The first kappa shape index (κ1) is 12.5. The number of ether oxygens (including phenoxy) is 1. The lowest BCUT2D eigenvalue weighted by atomic mass is 10.2. The van der Waals surface area contributed by atoms with Crippen molar-refractivity contribution in [3.63, 3.8) is 0 Å². The van der Waals surface area contributed by atoms with Gasteiger partial charge in [-0.15, -0.1) is 11.3 Å². The van der Waals surface area contributed by atoms with E-state index in [1.54, 1.807) is 18.4 Å². The number of imidazole rings is 1. The van der Waals surface area contributed by atoms with E-state index in [0.29, 0.717) is 5.92 Å². The third-order valence-electron chi connectivity index (χ3n) is 2.80. The molecule has 0 radical (unpaired) electrons. The molecular formula is C12H19N3OS. The molecule has 2 heterocycles. The predicted molar refractivity (Wildman–Crippen MR) is 70.6 cm³/mol. The van der Waals surface area contributed by atoms with E-state index in [0.717, 1.165) is 30.4 Å². The summed E-state index contributed by atoms with van der Waals surface area (Å²) in [5.41, 5.74) is 2.37. The quantitative estimate of drug-likeness (QED) is 0.856. The molecule has 1 unspecified atom stereocenters. The number of nitrogens with zero attached hydrogens (tertiary/aromatic N) is 2. The number of thiazole rings is 1. The third kappa shape index (κ3) is 2.86. The first-order valence-electron chi connectivity index (χ1n) is 5.83. The van der Waals surface area contributed by atoms with Gasteiger partial charge in [-0.1, -0.05) is 6.92 Å². The lowest BCUT2D eigenvalue weighted by molar-refractivity contribution is 0.158. The molecule has 0 saturated heterocycles. The van der Waals surface area contributed by atoms with Gasteiger partial charge in [0.15, 0.2) is 4.96 Å². The Bertz CT molecular complexity index is 477. The first-order chi connectivity index (χ1) is 8.22. The largest absolute Gasteiger partial charge is 0.384 e. The summed E-state index contributed by atoms with van der Waals surface area (Å²) in [6, 6.07) is 0. The van der Waals surface area contributed by atoms with E-state index < -0.39 is 0 Å². The summed E-state index contributed by atoms with van der Waals surface area (Å²) in [5, 5.41) is 5.53. The summed E-state index contributed by atoms with van der Waals surface area (Å²) in [6.45, 7) is 6.87. The van der Waals surface area contributed by atoms with E-state index in [4.69, 9.17) is 4.74 Å². The number of nitrogens with one attached hydrogen (secondary N) is 1. The first-order valence-corrected chi connectivity index (χ1v) is 6.71. The lowest BCUT2D eigenvalue weighted by Gasteiger charge is -2.11. The number of aryl methyl sites for hydroxylation is 1. The second-order valence-corrected chi connectivity index (χ2v) is 5.26. The van der Waals surface area contributed by atoms with Crippen molar-refractivity contribution in [1.29, 1.82) is 0 Å². The van der Waals surface area contributed by atoms with Crippen molar-refractivity contribution in [3.8, 4) is 0 Å². The van der Waals surface area contributed by atoms with E-state index >= 15 is 0 Å². The van der Waals surface area contributed by atoms with Gasteiger partial charge in [-0.05, 0) is 12.8 Å². The van der Waals surface area contributed by atoms with E-state index in [1.807, 2.05) is 0 Å². The molecule has 2 aromatic heterocycles. The van der Waals surface area contributed by atoms with Crippen LogP contribution in [0.25, 0.3) is 4.96 Å². The summed E-state index contributed by atoms with van der Waals surface area (Å²) in [4.78, 5) is 5.60. The minimum Gasteiger partial charge on any atom is -0.384 e. The van der Waals surface area contributed by atoms with Crippen molar-refractivity contribution in [1.82, 2.24) is 14.7 Å². The van der Waals surface area contributed by atoms with Gasteiger partial charge >= 0.3 is 0 Å². The van der Waals surface area contributed by atoms with Gasteiger partial charge in [0.1, 0.15) is 0 Å². The van der Waals surface area contributed by atoms with Crippen molar-refractivity contribution in [2.24, 2.45) is 5.92 Å². The molecule has 1 atom stereocenters. The van der Waals surface area contributed by atoms with Crippen molar-refractivity contribution in [2.75, 3.05) is 20.3 Å². The van der Waals surface area contributed by atoms with Crippen LogP contribution in [0.1, 0.15) is 18.3 Å². The molecule has 17 heavy (non-hydrogen) atoms. The highest BCUT2D eigenvalue weighted by atomic mass is 32.1. The Morgan fingerprint density at radius 1 is 1.59 bits per heavy atom. The number of methoxy groups -OCH3 is 1. The zero-order valence-corrected chi connectivity index (χ0v) is 11.4.